The summed E-state index contributed by atoms with van der Waals surface area (Å²) in [5, 5.41) is 2.93. The number of nitrogens with zero attached hydrogens (tertiary/aromatic N) is 1. The van der Waals surface area contributed by atoms with Crippen molar-refractivity contribution in [2.45, 2.75) is 52.3 Å². The fourth-order valence-corrected chi connectivity index (χ4v) is 3.77. The first-order valence-electron chi connectivity index (χ1n) is 10.5. The van der Waals surface area contributed by atoms with Crippen molar-refractivity contribution in [2.24, 2.45) is 5.92 Å². The number of hydrogen-bond acceptors (Lipinski definition) is 3. The second-order valence-corrected chi connectivity index (χ2v) is 8.17. The number of halogens is 2. The van der Waals surface area contributed by atoms with E-state index in [0.29, 0.717) is 32.4 Å². The quantitative estimate of drug-likeness (QED) is 0.690. The van der Waals surface area contributed by atoms with Crippen molar-refractivity contribution in [1.82, 2.24) is 10.2 Å². The molecule has 31 heavy (non-hydrogen) atoms. The van der Waals surface area contributed by atoms with Crippen molar-refractivity contribution in [3.8, 4) is 5.75 Å². The van der Waals surface area contributed by atoms with Gasteiger partial charge in [-0.05, 0) is 41.2 Å². The molecule has 0 aromatic heterocycles. The number of hydrogen-bond donors (Lipinski definition) is 1. The molecule has 2 aromatic rings. The predicted octanol–water partition coefficient (Wildman–Crippen LogP) is 3.95. The van der Waals surface area contributed by atoms with Gasteiger partial charge in [0.25, 0.3) is 0 Å². The minimum atomic E-state index is -2.85. The molecule has 0 bridgehead atoms. The van der Waals surface area contributed by atoms with Gasteiger partial charge in [-0.25, -0.2) is 0 Å². The Labute approximate surface area is 181 Å². The Kier molecular flexibility index (Phi) is 7.60. The van der Waals surface area contributed by atoms with Crippen LogP contribution in [0.15, 0.2) is 48.5 Å². The van der Waals surface area contributed by atoms with Crippen LogP contribution in [0.2, 0.25) is 0 Å². The number of benzene rings is 2. The summed E-state index contributed by atoms with van der Waals surface area (Å²) in [7, 11) is 0. The molecule has 0 aliphatic carbocycles. The van der Waals surface area contributed by atoms with Gasteiger partial charge in [-0.3, -0.25) is 9.59 Å². The molecule has 0 saturated carbocycles. The third-order valence-electron chi connectivity index (χ3n) is 5.32. The number of ether oxygens (including phenoxy) is 1. The molecule has 1 heterocycles. The number of nitrogens with one attached hydrogen (secondary N) is 1. The van der Waals surface area contributed by atoms with E-state index < -0.39 is 12.7 Å². The van der Waals surface area contributed by atoms with Gasteiger partial charge in [0.1, 0.15) is 11.8 Å². The maximum Gasteiger partial charge on any atom is 0.387 e. The zero-order valence-electron chi connectivity index (χ0n) is 17.8. The van der Waals surface area contributed by atoms with Crippen LogP contribution in [0, 0.1) is 5.92 Å². The molecule has 1 aliphatic rings. The number of amides is 2. The van der Waals surface area contributed by atoms with E-state index in [0.717, 1.165) is 16.7 Å². The van der Waals surface area contributed by atoms with Gasteiger partial charge in [-0.1, -0.05) is 50.2 Å². The standard InChI is InChI=1S/C24H28F2N2O3/c1-16(2)13-22(29)28-15-19-6-4-3-5-18(19)14-21(28)23(30)27-12-11-17-7-9-20(10-8-17)31-24(25)26/h3-10,16,21,24H,11-15H2,1-2H3,(H,27,30). The summed E-state index contributed by atoms with van der Waals surface area (Å²) in [4.78, 5) is 27.5. The molecule has 1 N–H and O–H groups in total. The zero-order chi connectivity index (χ0) is 22.4. The number of fused-ring (bicyclic) bond motifs is 1. The summed E-state index contributed by atoms with van der Waals surface area (Å²) in [5.41, 5.74) is 3.06. The first-order chi connectivity index (χ1) is 14.8. The third-order valence-corrected chi connectivity index (χ3v) is 5.32. The lowest BCUT2D eigenvalue weighted by atomic mass is 9.92. The van der Waals surface area contributed by atoms with Crippen LogP contribution in [0.1, 0.15) is 37.0 Å². The average molecular weight is 430 g/mol. The Hall–Kier alpha value is -2.96. The average Bonchev–Trinajstić information content (AvgIpc) is 2.73. The van der Waals surface area contributed by atoms with Crippen molar-refractivity contribution in [1.29, 1.82) is 0 Å². The van der Waals surface area contributed by atoms with E-state index in [9.17, 15) is 18.4 Å². The Bertz CT molecular complexity index is 900. The van der Waals surface area contributed by atoms with Crippen molar-refractivity contribution in [2.75, 3.05) is 6.54 Å². The fraction of sp³-hybridized carbons (Fsp3) is 0.417. The van der Waals surface area contributed by atoms with Gasteiger partial charge in [0.2, 0.25) is 11.8 Å². The summed E-state index contributed by atoms with van der Waals surface area (Å²) in [6.45, 7) is 1.95. The van der Waals surface area contributed by atoms with Gasteiger partial charge in [0.05, 0.1) is 0 Å². The van der Waals surface area contributed by atoms with E-state index >= 15 is 0 Å². The van der Waals surface area contributed by atoms with E-state index in [4.69, 9.17) is 0 Å². The summed E-state index contributed by atoms with van der Waals surface area (Å²) in [6.07, 6.45) is 1.44. The first kappa shape index (κ1) is 22.7. The smallest absolute Gasteiger partial charge is 0.387 e. The highest BCUT2D eigenvalue weighted by Crippen LogP contribution is 2.25. The van der Waals surface area contributed by atoms with Crippen LogP contribution < -0.4 is 10.1 Å². The van der Waals surface area contributed by atoms with Crippen LogP contribution >= 0.6 is 0 Å². The Morgan fingerprint density at radius 3 is 2.42 bits per heavy atom. The molecular formula is C24H28F2N2O3. The van der Waals surface area contributed by atoms with E-state index in [2.05, 4.69) is 10.1 Å². The predicted molar refractivity (Wildman–Crippen MR) is 114 cm³/mol. The van der Waals surface area contributed by atoms with Crippen LogP contribution in [0.3, 0.4) is 0 Å². The van der Waals surface area contributed by atoms with Crippen LogP contribution in [0.4, 0.5) is 8.78 Å². The summed E-state index contributed by atoms with van der Waals surface area (Å²) in [5.74, 6) is 0.122. The van der Waals surface area contributed by atoms with E-state index in [1.54, 1.807) is 17.0 Å². The van der Waals surface area contributed by atoms with E-state index in [1.165, 1.54) is 12.1 Å². The summed E-state index contributed by atoms with van der Waals surface area (Å²) in [6, 6.07) is 13.7. The molecular weight excluding hydrogens is 402 g/mol. The van der Waals surface area contributed by atoms with Gasteiger partial charge in [-0.15, -0.1) is 0 Å². The monoisotopic (exact) mass is 430 g/mol. The number of rotatable bonds is 8. The molecule has 0 saturated heterocycles. The van der Waals surface area contributed by atoms with Gasteiger partial charge in [0.15, 0.2) is 0 Å². The van der Waals surface area contributed by atoms with Crippen LogP contribution in [0.5, 0.6) is 5.75 Å². The molecule has 0 spiro atoms. The van der Waals surface area contributed by atoms with Crippen LogP contribution in [-0.2, 0) is 29.0 Å². The molecule has 2 aromatic carbocycles. The molecule has 0 fully saturated rings. The molecule has 0 radical (unpaired) electrons. The highest BCUT2D eigenvalue weighted by molar-refractivity contribution is 5.88. The minimum absolute atomic E-state index is 0.0146. The maximum atomic E-state index is 13.0. The second-order valence-electron chi connectivity index (χ2n) is 8.17. The lowest BCUT2D eigenvalue weighted by molar-refractivity contribution is -0.142. The topological polar surface area (TPSA) is 58.6 Å². The van der Waals surface area contributed by atoms with Crippen LogP contribution in [0.25, 0.3) is 0 Å². The van der Waals surface area contributed by atoms with Gasteiger partial charge in [-0.2, -0.15) is 8.78 Å². The number of carbonyl (C=O) groups is 2. The largest absolute Gasteiger partial charge is 0.435 e. The first-order valence-corrected chi connectivity index (χ1v) is 10.5. The third kappa shape index (κ3) is 6.26. The highest BCUT2D eigenvalue weighted by Gasteiger charge is 2.34. The second kappa shape index (κ2) is 10.4. The summed E-state index contributed by atoms with van der Waals surface area (Å²) >= 11 is 0. The Morgan fingerprint density at radius 1 is 1.10 bits per heavy atom. The molecule has 7 heteroatoms. The van der Waals surface area contributed by atoms with Crippen molar-refractivity contribution < 1.29 is 23.1 Å². The van der Waals surface area contributed by atoms with Gasteiger partial charge < -0.3 is 15.0 Å². The molecule has 3 rings (SSSR count). The van der Waals surface area contributed by atoms with Crippen molar-refractivity contribution in [3.63, 3.8) is 0 Å². The van der Waals surface area contributed by atoms with Crippen LogP contribution in [-0.4, -0.2) is 35.9 Å². The Morgan fingerprint density at radius 2 is 1.77 bits per heavy atom. The summed E-state index contributed by atoms with van der Waals surface area (Å²) < 4.78 is 28.8. The maximum absolute atomic E-state index is 13.0. The minimum Gasteiger partial charge on any atom is -0.435 e. The normalized spacial score (nSPS) is 15.7. The lowest BCUT2D eigenvalue weighted by Crippen LogP contribution is -2.53. The van der Waals surface area contributed by atoms with Gasteiger partial charge in [0, 0.05) is 25.9 Å². The molecule has 1 atom stereocenters. The molecule has 166 valence electrons. The van der Waals surface area contributed by atoms with E-state index in [-0.39, 0.29) is 23.5 Å². The number of alkyl halides is 2. The number of carbonyl (C=O) groups excluding carboxylic acids is 2. The molecule has 1 aliphatic heterocycles. The fourth-order valence-electron chi connectivity index (χ4n) is 3.77. The molecule has 5 nitrogen and oxygen atoms in total. The zero-order valence-corrected chi connectivity index (χ0v) is 17.8. The van der Waals surface area contributed by atoms with E-state index in [1.807, 2.05) is 38.1 Å². The van der Waals surface area contributed by atoms with Crippen molar-refractivity contribution >= 4 is 11.8 Å². The molecule has 2 amide bonds. The Balaban J connectivity index is 1.62. The van der Waals surface area contributed by atoms with Crippen molar-refractivity contribution in [3.05, 3.63) is 65.2 Å². The lowest BCUT2D eigenvalue weighted by Gasteiger charge is -2.36. The van der Waals surface area contributed by atoms with Gasteiger partial charge >= 0.3 is 6.61 Å². The molecule has 1 unspecified atom stereocenters. The highest BCUT2D eigenvalue weighted by atomic mass is 19.3. The SMILES string of the molecule is CC(C)CC(=O)N1Cc2ccccc2CC1C(=O)NCCc1ccc(OC(F)F)cc1.